The number of carbonyl (C=O) groups excluding carboxylic acids is 1. The lowest BCUT2D eigenvalue weighted by Gasteiger charge is -2.14. The third-order valence-electron chi connectivity index (χ3n) is 2.80. The summed E-state index contributed by atoms with van der Waals surface area (Å²) < 4.78 is 9.87. The Kier molecular flexibility index (Phi) is 4.16. The molecule has 0 N–H and O–H groups in total. The van der Waals surface area contributed by atoms with Gasteiger partial charge in [0, 0.05) is 24.4 Å². The van der Waals surface area contributed by atoms with Crippen molar-refractivity contribution in [3.8, 4) is 12.0 Å². The summed E-state index contributed by atoms with van der Waals surface area (Å²) in [6, 6.07) is 0.135. The summed E-state index contributed by atoms with van der Waals surface area (Å²) >= 11 is 0. The van der Waals surface area contributed by atoms with Gasteiger partial charge in [-0.3, -0.25) is 9.69 Å². The van der Waals surface area contributed by atoms with Crippen LogP contribution in [0, 0.1) is 5.92 Å². The van der Waals surface area contributed by atoms with Crippen LogP contribution in [0.5, 0.6) is 12.0 Å². The lowest BCUT2D eigenvalue weighted by Crippen LogP contribution is -2.27. The summed E-state index contributed by atoms with van der Waals surface area (Å²) in [7, 11) is 2.82. The van der Waals surface area contributed by atoms with Crippen molar-refractivity contribution < 1.29 is 14.3 Å². The molecular formula is C10H13N7O3. The molecule has 1 aromatic rings. The van der Waals surface area contributed by atoms with Crippen molar-refractivity contribution in [1.82, 2.24) is 15.0 Å². The van der Waals surface area contributed by atoms with Crippen molar-refractivity contribution in [2.75, 3.05) is 32.2 Å². The number of azide groups is 1. The molecule has 10 heteroatoms. The molecule has 0 spiro atoms. The molecule has 0 saturated carbocycles. The maximum atomic E-state index is 12.0. The van der Waals surface area contributed by atoms with E-state index < -0.39 is 0 Å². The van der Waals surface area contributed by atoms with Crippen LogP contribution in [-0.2, 0) is 4.79 Å². The standard InChI is InChI=1S/C10H13N7O3/c1-19-9-13-8(14-10(15-9)20-2)17-5-6(3-7(17)18)4-12-16-11/h6H,3-5H2,1-2H3. The second kappa shape index (κ2) is 6.02. The summed E-state index contributed by atoms with van der Waals surface area (Å²) in [5.74, 6) is -0.0206. The Morgan fingerprint density at radius 3 is 2.55 bits per heavy atom. The van der Waals surface area contributed by atoms with Gasteiger partial charge in [0.15, 0.2) is 0 Å². The van der Waals surface area contributed by atoms with Crippen LogP contribution in [-0.4, -0.2) is 48.2 Å². The van der Waals surface area contributed by atoms with E-state index in [1.165, 1.54) is 19.1 Å². The molecule has 0 bridgehead atoms. The fourth-order valence-electron chi connectivity index (χ4n) is 1.88. The van der Waals surface area contributed by atoms with Crippen LogP contribution >= 0.6 is 0 Å². The minimum atomic E-state index is -0.140. The molecular weight excluding hydrogens is 266 g/mol. The molecule has 20 heavy (non-hydrogen) atoms. The van der Waals surface area contributed by atoms with Crippen molar-refractivity contribution in [2.24, 2.45) is 11.0 Å². The Bertz CT molecular complexity index is 536. The summed E-state index contributed by atoms with van der Waals surface area (Å²) in [6.45, 7) is 0.645. The zero-order valence-electron chi connectivity index (χ0n) is 11.1. The van der Waals surface area contributed by atoms with Gasteiger partial charge >= 0.3 is 12.0 Å². The monoisotopic (exact) mass is 279 g/mol. The second-order valence-corrected chi connectivity index (χ2v) is 4.10. The molecule has 1 fully saturated rings. The van der Waals surface area contributed by atoms with Crippen LogP contribution in [0.1, 0.15) is 6.42 Å². The number of amides is 1. The van der Waals surface area contributed by atoms with Crippen molar-refractivity contribution in [3.63, 3.8) is 0 Å². The van der Waals surface area contributed by atoms with Crippen LogP contribution in [0.25, 0.3) is 10.4 Å². The average molecular weight is 279 g/mol. The van der Waals surface area contributed by atoms with Crippen LogP contribution in [0.3, 0.4) is 0 Å². The molecule has 1 saturated heterocycles. The number of hydrogen-bond donors (Lipinski definition) is 0. The molecule has 0 aliphatic carbocycles. The van der Waals surface area contributed by atoms with Gasteiger partial charge in [0.2, 0.25) is 11.9 Å². The Hall–Kier alpha value is -2.61. The van der Waals surface area contributed by atoms with Gasteiger partial charge in [-0.1, -0.05) is 5.11 Å². The summed E-state index contributed by atoms with van der Waals surface area (Å²) in [4.78, 5) is 28.0. The number of anilines is 1. The van der Waals surface area contributed by atoms with Gasteiger partial charge in [-0.15, -0.1) is 4.98 Å². The van der Waals surface area contributed by atoms with E-state index in [1.54, 1.807) is 0 Å². The zero-order valence-corrected chi connectivity index (χ0v) is 11.1. The molecule has 1 unspecified atom stereocenters. The minimum absolute atomic E-state index is 0.0489. The van der Waals surface area contributed by atoms with E-state index in [9.17, 15) is 4.79 Å². The molecule has 2 rings (SSSR count). The van der Waals surface area contributed by atoms with Gasteiger partial charge in [-0.05, 0) is 11.4 Å². The quantitative estimate of drug-likeness (QED) is 0.440. The highest BCUT2D eigenvalue weighted by atomic mass is 16.5. The normalized spacial score (nSPS) is 17.8. The average Bonchev–Trinajstić information content (AvgIpc) is 2.85. The minimum Gasteiger partial charge on any atom is -0.467 e. The predicted octanol–water partition coefficient (Wildman–Crippen LogP) is 0.552. The smallest absolute Gasteiger partial charge is 0.324 e. The number of aromatic nitrogens is 3. The van der Waals surface area contributed by atoms with Crippen molar-refractivity contribution in [1.29, 1.82) is 0 Å². The van der Waals surface area contributed by atoms with Gasteiger partial charge < -0.3 is 9.47 Å². The van der Waals surface area contributed by atoms with E-state index in [4.69, 9.17) is 15.0 Å². The Balaban J connectivity index is 2.22. The topological polar surface area (TPSA) is 126 Å². The Morgan fingerprint density at radius 2 is 2.00 bits per heavy atom. The van der Waals surface area contributed by atoms with Gasteiger partial charge in [0.1, 0.15) is 0 Å². The first-order valence-corrected chi connectivity index (χ1v) is 5.83. The fraction of sp³-hybridized carbons (Fsp3) is 0.600. The largest absolute Gasteiger partial charge is 0.467 e. The first kappa shape index (κ1) is 13.8. The molecule has 0 radical (unpaired) electrons. The Labute approximate surface area is 114 Å². The van der Waals surface area contributed by atoms with E-state index in [0.29, 0.717) is 6.54 Å². The van der Waals surface area contributed by atoms with Crippen molar-refractivity contribution >= 4 is 11.9 Å². The van der Waals surface area contributed by atoms with Crippen LogP contribution < -0.4 is 14.4 Å². The molecule has 1 atom stereocenters. The lowest BCUT2D eigenvalue weighted by molar-refractivity contribution is -0.117. The van der Waals surface area contributed by atoms with E-state index in [0.717, 1.165) is 0 Å². The molecule has 1 amide bonds. The van der Waals surface area contributed by atoms with Crippen LogP contribution in [0.2, 0.25) is 0 Å². The number of methoxy groups -OCH3 is 2. The first-order valence-electron chi connectivity index (χ1n) is 5.83. The Morgan fingerprint density at radius 1 is 1.35 bits per heavy atom. The molecule has 2 heterocycles. The summed E-state index contributed by atoms with van der Waals surface area (Å²) in [5.41, 5.74) is 8.31. The predicted molar refractivity (Wildman–Crippen MR) is 67.4 cm³/mol. The van der Waals surface area contributed by atoms with E-state index >= 15 is 0 Å². The highest BCUT2D eigenvalue weighted by Gasteiger charge is 2.32. The highest BCUT2D eigenvalue weighted by molar-refractivity contribution is 5.94. The molecule has 1 aliphatic rings. The van der Waals surface area contributed by atoms with E-state index in [1.807, 2.05) is 0 Å². The second-order valence-electron chi connectivity index (χ2n) is 4.10. The number of rotatable bonds is 5. The number of hydrogen-bond acceptors (Lipinski definition) is 7. The van der Waals surface area contributed by atoms with Gasteiger partial charge in [-0.25, -0.2) is 0 Å². The lowest BCUT2D eigenvalue weighted by atomic mass is 10.1. The third-order valence-corrected chi connectivity index (χ3v) is 2.80. The van der Waals surface area contributed by atoms with Gasteiger partial charge in [0.25, 0.3) is 0 Å². The SMILES string of the molecule is COc1nc(OC)nc(N2CC(CN=[N+]=[N-])CC2=O)n1. The maximum Gasteiger partial charge on any atom is 0.324 e. The third kappa shape index (κ3) is 2.86. The van der Waals surface area contributed by atoms with E-state index in [-0.39, 0.29) is 42.8 Å². The number of nitrogens with zero attached hydrogens (tertiary/aromatic N) is 7. The zero-order chi connectivity index (χ0) is 14.5. The summed E-state index contributed by atoms with van der Waals surface area (Å²) in [6.07, 6.45) is 0.287. The van der Waals surface area contributed by atoms with Crippen molar-refractivity contribution in [2.45, 2.75) is 6.42 Å². The first-order chi connectivity index (χ1) is 9.67. The highest BCUT2D eigenvalue weighted by Crippen LogP contribution is 2.24. The van der Waals surface area contributed by atoms with Gasteiger partial charge in [0.05, 0.1) is 14.2 Å². The number of carbonyl (C=O) groups is 1. The molecule has 1 aliphatic heterocycles. The molecule has 1 aromatic heterocycles. The molecule has 106 valence electrons. The van der Waals surface area contributed by atoms with Crippen LogP contribution in [0.4, 0.5) is 5.95 Å². The molecule has 0 aromatic carbocycles. The summed E-state index contributed by atoms with van der Waals surface area (Å²) in [5, 5.41) is 3.48. The van der Waals surface area contributed by atoms with E-state index in [2.05, 4.69) is 25.0 Å². The number of ether oxygens (including phenoxy) is 2. The van der Waals surface area contributed by atoms with Crippen molar-refractivity contribution in [3.05, 3.63) is 10.4 Å². The molecule has 10 nitrogen and oxygen atoms in total. The fourth-order valence-corrected chi connectivity index (χ4v) is 1.88. The van der Waals surface area contributed by atoms with Gasteiger partial charge in [-0.2, -0.15) is 9.97 Å². The maximum absolute atomic E-state index is 12.0. The van der Waals surface area contributed by atoms with Crippen LogP contribution in [0.15, 0.2) is 5.11 Å².